The molecule has 0 spiro atoms. The summed E-state index contributed by atoms with van der Waals surface area (Å²) in [5.74, 6) is -0.163. The Morgan fingerprint density at radius 1 is 0.892 bits per heavy atom. The SMILES string of the molecule is O=C(CCn1c(-c2ccccc2)c(-c2ccccc2)c2ccccc21)N/N=C/c1cc(Br)cc(Br)c1O. The predicted molar refractivity (Wildman–Crippen MR) is 157 cm³/mol. The number of phenols is 1. The molecule has 4 aromatic carbocycles. The molecular weight excluding hydrogens is 594 g/mol. The van der Waals surface area contributed by atoms with Gasteiger partial charge in [-0.25, -0.2) is 5.43 Å². The number of benzene rings is 4. The molecule has 0 saturated carbocycles. The first-order valence-corrected chi connectivity index (χ1v) is 13.3. The second kappa shape index (κ2) is 11.2. The number of aromatic nitrogens is 1. The Labute approximate surface area is 231 Å². The van der Waals surface area contributed by atoms with E-state index in [1.165, 1.54) is 6.21 Å². The molecule has 0 radical (unpaired) electrons. The van der Waals surface area contributed by atoms with Crippen molar-refractivity contribution in [3.8, 4) is 28.1 Å². The van der Waals surface area contributed by atoms with E-state index in [1.54, 1.807) is 12.1 Å². The molecule has 0 saturated heterocycles. The van der Waals surface area contributed by atoms with Crippen molar-refractivity contribution in [1.82, 2.24) is 9.99 Å². The number of rotatable bonds is 7. The first kappa shape index (κ1) is 25.0. The predicted octanol–water partition coefficient (Wildman–Crippen LogP) is 7.75. The lowest BCUT2D eigenvalue weighted by Crippen LogP contribution is -2.19. The summed E-state index contributed by atoms with van der Waals surface area (Å²) < 4.78 is 3.54. The van der Waals surface area contributed by atoms with E-state index >= 15 is 0 Å². The van der Waals surface area contributed by atoms with Gasteiger partial charge in [-0.1, -0.05) is 94.8 Å². The number of halogens is 2. The van der Waals surface area contributed by atoms with Crippen LogP contribution < -0.4 is 5.43 Å². The van der Waals surface area contributed by atoms with Crippen LogP contribution in [0.15, 0.2) is 111 Å². The van der Waals surface area contributed by atoms with E-state index in [2.05, 4.69) is 83.4 Å². The van der Waals surface area contributed by atoms with Gasteiger partial charge in [-0.05, 0) is 45.3 Å². The minimum absolute atomic E-state index is 0.0564. The quantitative estimate of drug-likeness (QED) is 0.145. The van der Waals surface area contributed by atoms with Crippen LogP contribution in [0.5, 0.6) is 5.75 Å². The van der Waals surface area contributed by atoms with Crippen LogP contribution in [-0.2, 0) is 11.3 Å². The summed E-state index contributed by atoms with van der Waals surface area (Å²) >= 11 is 6.69. The van der Waals surface area contributed by atoms with Crippen LogP contribution in [0.3, 0.4) is 0 Å². The van der Waals surface area contributed by atoms with Gasteiger partial charge in [0, 0.05) is 39.5 Å². The zero-order chi connectivity index (χ0) is 25.8. The first-order valence-electron chi connectivity index (χ1n) is 11.7. The number of nitrogens with zero attached hydrogens (tertiary/aromatic N) is 2. The highest BCUT2D eigenvalue weighted by molar-refractivity contribution is 9.11. The van der Waals surface area contributed by atoms with Crippen molar-refractivity contribution in [3.05, 3.63) is 112 Å². The van der Waals surface area contributed by atoms with Gasteiger partial charge in [0.15, 0.2) is 0 Å². The van der Waals surface area contributed by atoms with Gasteiger partial charge in [-0.15, -0.1) is 0 Å². The Balaban J connectivity index is 1.46. The molecular formula is C30H23Br2N3O2. The first-order chi connectivity index (χ1) is 18.0. The molecule has 0 aliphatic rings. The largest absolute Gasteiger partial charge is 0.506 e. The summed E-state index contributed by atoms with van der Waals surface area (Å²) in [5, 5.41) is 15.4. The van der Waals surface area contributed by atoms with Crippen LogP contribution in [0, 0.1) is 0 Å². The van der Waals surface area contributed by atoms with E-state index in [4.69, 9.17) is 0 Å². The fourth-order valence-corrected chi connectivity index (χ4v) is 5.71. The van der Waals surface area contributed by atoms with Gasteiger partial charge in [-0.2, -0.15) is 5.10 Å². The number of hydrogen-bond acceptors (Lipinski definition) is 3. The maximum absolute atomic E-state index is 12.8. The second-order valence-corrected chi connectivity index (χ2v) is 10.3. The number of para-hydroxylation sites is 1. The van der Waals surface area contributed by atoms with E-state index in [1.807, 2.05) is 48.5 Å². The Hall–Kier alpha value is -3.68. The maximum atomic E-state index is 12.8. The highest BCUT2D eigenvalue weighted by Gasteiger charge is 2.20. The Kier molecular flexibility index (Phi) is 7.53. The zero-order valence-corrected chi connectivity index (χ0v) is 22.9. The van der Waals surface area contributed by atoms with Crippen molar-refractivity contribution >= 4 is 54.9 Å². The fourth-order valence-electron chi connectivity index (χ4n) is 4.46. The Morgan fingerprint density at radius 3 is 2.27 bits per heavy atom. The molecule has 1 amide bonds. The Bertz CT molecular complexity index is 1600. The number of phenolic OH excluding ortho intramolecular Hbond substituents is 1. The molecule has 1 aromatic heterocycles. The lowest BCUT2D eigenvalue weighted by molar-refractivity contribution is -0.121. The molecule has 0 bridgehead atoms. The van der Waals surface area contributed by atoms with Gasteiger partial charge < -0.3 is 9.67 Å². The van der Waals surface area contributed by atoms with Gasteiger partial charge in [-0.3, -0.25) is 4.79 Å². The third-order valence-corrected chi connectivity index (χ3v) is 7.16. The van der Waals surface area contributed by atoms with Crippen LogP contribution in [-0.4, -0.2) is 21.8 Å². The van der Waals surface area contributed by atoms with Gasteiger partial charge in [0.1, 0.15) is 5.75 Å². The van der Waals surface area contributed by atoms with Crippen molar-refractivity contribution < 1.29 is 9.90 Å². The highest BCUT2D eigenvalue weighted by Crippen LogP contribution is 2.41. The molecule has 0 fully saturated rings. The van der Waals surface area contributed by atoms with E-state index < -0.39 is 0 Å². The Morgan fingerprint density at radius 2 is 1.54 bits per heavy atom. The molecule has 1 heterocycles. The van der Waals surface area contributed by atoms with E-state index in [0.29, 0.717) is 16.6 Å². The lowest BCUT2D eigenvalue weighted by Gasteiger charge is -2.13. The van der Waals surface area contributed by atoms with Crippen LogP contribution in [0.4, 0.5) is 0 Å². The summed E-state index contributed by atoms with van der Waals surface area (Å²) in [6.07, 6.45) is 1.66. The second-order valence-electron chi connectivity index (χ2n) is 8.49. The number of nitrogens with one attached hydrogen (secondary N) is 1. The smallest absolute Gasteiger partial charge is 0.241 e. The number of amides is 1. The summed E-state index contributed by atoms with van der Waals surface area (Å²) in [4.78, 5) is 12.8. The highest BCUT2D eigenvalue weighted by atomic mass is 79.9. The van der Waals surface area contributed by atoms with Crippen molar-refractivity contribution in [2.75, 3.05) is 0 Å². The molecule has 0 unspecified atom stereocenters. The van der Waals surface area contributed by atoms with Crippen molar-refractivity contribution in [3.63, 3.8) is 0 Å². The minimum Gasteiger partial charge on any atom is -0.506 e. The molecule has 0 atom stereocenters. The van der Waals surface area contributed by atoms with Crippen LogP contribution in [0.2, 0.25) is 0 Å². The molecule has 184 valence electrons. The van der Waals surface area contributed by atoms with E-state index in [-0.39, 0.29) is 18.1 Å². The van der Waals surface area contributed by atoms with Crippen LogP contribution in [0.25, 0.3) is 33.3 Å². The van der Waals surface area contributed by atoms with Crippen molar-refractivity contribution in [2.24, 2.45) is 5.10 Å². The maximum Gasteiger partial charge on any atom is 0.241 e. The van der Waals surface area contributed by atoms with Crippen molar-refractivity contribution in [1.29, 1.82) is 0 Å². The average molecular weight is 617 g/mol. The number of hydrogen-bond donors (Lipinski definition) is 2. The van der Waals surface area contributed by atoms with Gasteiger partial charge >= 0.3 is 0 Å². The van der Waals surface area contributed by atoms with Crippen LogP contribution >= 0.6 is 31.9 Å². The van der Waals surface area contributed by atoms with E-state index in [0.717, 1.165) is 37.8 Å². The number of hydrazone groups is 1. The summed E-state index contributed by atoms with van der Waals surface area (Å²) in [6.45, 7) is 0.479. The molecule has 0 aliphatic carbocycles. The standard InChI is InChI=1S/C30H23Br2N3O2/c31-23-17-22(30(37)25(32)18-23)19-33-34-27(36)15-16-35-26-14-8-7-13-24(26)28(20-9-3-1-4-10-20)29(35)21-11-5-2-6-12-21/h1-14,17-19,37H,15-16H2,(H,34,36)/b33-19+. The molecule has 5 rings (SSSR count). The van der Waals surface area contributed by atoms with Crippen LogP contribution in [0.1, 0.15) is 12.0 Å². The lowest BCUT2D eigenvalue weighted by atomic mass is 9.98. The van der Waals surface area contributed by atoms with Gasteiger partial charge in [0.2, 0.25) is 5.91 Å². The van der Waals surface area contributed by atoms with Gasteiger partial charge in [0.25, 0.3) is 0 Å². The number of aryl methyl sites for hydroxylation is 1. The molecule has 0 aliphatic heterocycles. The fraction of sp³-hybridized carbons (Fsp3) is 0.0667. The third-order valence-electron chi connectivity index (χ3n) is 6.09. The topological polar surface area (TPSA) is 66.6 Å². The van der Waals surface area contributed by atoms with E-state index in [9.17, 15) is 9.90 Å². The monoisotopic (exact) mass is 615 g/mol. The number of fused-ring (bicyclic) bond motifs is 1. The third kappa shape index (κ3) is 5.38. The molecule has 37 heavy (non-hydrogen) atoms. The zero-order valence-electron chi connectivity index (χ0n) is 19.7. The normalized spacial score (nSPS) is 11.3. The number of carbonyl (C=O) groups excluding carboxylic acids is 1. The summed E-state index contributed by atoms with van der Waals surface area (Å²) in [5.41, 5.74) is 8.59. The summed E-state index contributed by atoms with van der Waals surface area (Å²) in [7, 11) is 0. The average Bonchev–Trinajstić information content (AvgIpc) is 3.25. The summed E-state index contributed by atoms with van der Waals surface area (Å²) in [6, 6.07) is 32.4. The number of carbonyl (C=O) groups is 1. The van der Waals surface area contributed by atoms with Crippen molar-refractivity contribution in [2.45, 2.75) is 13.0 Å². The molecule has 5 aromatic rings. The molecule has 2 N–H and O–H groups in total. The van der Waals surface area contributed by atoms with Gasteiger partial charge in [0.05, 0.1) is 16.4 Å². The molecule has 7 heteroatoms. The minimum atomic E-state index is -0.220. The molecule has 5 nitrogen and oxygen atoms in total. The number of aromatic hydroxyl groups is 1.